The van der Waals surface area contributed by atoms with Crippen molar-refractivity contribution in [2.45, 2.75) is 19.4 Å². The smallest absolute Gasteiger partial charge is 0.328 e. The Morgan fingerprint density at radius 1 is 1.09 bits per heavy atom. The third-order valence-corrected chi connectivity index (χ3v) is 3.29. The number of fused-ring (bicyclic) bond motifs is 1. The summed E-state index contributed by atoms with van der Waals surface area (Å²) in [5.74, 6) is -1.25. The number of carbonyl (C=O) groups is 3. The van der Waals surface area contributed by atoms with E-state index in [-0.39, 0.29) is 12.2 Å². The number of carbonyl (C=O) groups excluding carboxylic acids is 3. The summed E-state index contributed by atoms with van der Waals surface area (Å²) in [7, 11) is 1.22. The Balaban J connectivity index is 2.20. The van der Waals surface area contributed by atoms with E-state index in [9.17, 15) is 14.4 Å². The predicted octanol–water partition coefficient (Wildman–Crippen LogP) is 2.09. The minimum absolute atomic E-state index is 0.0913. The molecule has 1 amide bonds. The molecule has 1 N–H and O–H groups in total. The van der Waals surface area contributed by atoms with E-state index in [1.165, 1.54) is 14.0 Å². The molecular formula is C17H17NO4. The van der Waals surface area contributed by atoms with Crippen molar-refractivity contribution in [3.63, 3.8) is 0 Å². The van der Waals surface area contributed by atoms with Crippen LogP contribution >= 0.6 is 0 Å². The summed E-state index contributed by atoms with van der Waals surface area (Å²) in [6, 6.07) is 11.9. The van der Waals surface area contributed by atoms with Crippen LogP contribution in [0.15, 0.2) is 42.5 Å². The number of methoxy groups -OCH3 is 1. The van der Waals surface area contributed by atoms with Gasteiger partial charge in [-0.05, 0) is 29.8 Å². The molecule has 5 heteroatoms. The highest BCUT2D eigenvalue weighted by molar-refractivity contribution is 6.00. The lowest BCUT2D eigenvalue weighted by Gasteiger charge is -2.15. The maximum Gasteiger partial charge on any atom is 0.328 e. The molecule has 0 heterocycles. The Hall–Kier alpha value is -2.69. The van der Waals surface area contributed by atoms with Gasteiger partial charge in [0.05, 0.1) is 7.11 Å². The normalized spacial score (nSPS) is 11.7. The molecular weight excluding hydrogens is 282 g/mol. The van der Waals surface area contributed by atoms with Gasteiger partial charge in [-0.15, -0.1) is 0 Å². The minimum Gasteiger partial charge on any atom is -0.467 e. The van der Waals surface area contributed by atoms with Crippen LogP contribution in [0.2, 0.25) is 0 Å². The number of nitrogens with one attached hydrogen (secondary N) is 1. The van der Waals surface area contributed by atoms with Gasteiger partial charge in [0.25, 0.3) is 5.91 Å². The molecule has 22 heavy (non-hydrogen) atoms. The monoisotopic (exact) mass is 299 g/mol. The summed E-state index contributed by atoms with van der Waals surface area (Å²) in [6.45, 7) is 1.36. The van der Waals surface area contributed by atoms with Gasteiger partial charge in [-0.25, -0.2) is 4.79 Å². The molecule has 0 radical (unpaired) electrons. The summed E-state index contributed by atoms with van der Waals surface area (Å²) in [5.41, 5.74) is 0.427. The first kappa shape index (κ1) is 15.7. The molecule has 0 aliphatic carbocycles. The first-order valence-electron chi connectivity index (χ1n) is 6.88. The van der Waals surface area contributed by atoms with Crippen molar-refractivity contribution in [2.75, 3.05) is 7.11 Å². The molecule has 114 valence electrons. The Kier molecular flexibility index (Phi) is 4.88. The van der Waals surface area contributed by atoms with Crippen molar-refractivity contribution in [1.29, 1.82) is 0 Å². The number of amides is 1. The summed E-state index contributed by atoms with van der Waals surface area (Å²) in [4.78, 5) is 35.1. The molecule has 0 bridgehead atoms. The van der Waals surface area contributed by atoms with Gasteiger partial charge in [0.1, 0.15) is 11.8 Å². The number of hydrogen-bond acceptors (Lipinski definition) is 4. The van der Waals surface area contributed by atoms with Crippen LogP contribution in [0.1, 0.15) is 23.7 Å². The van der Waals surface area contributed by atoms with Crippen LogP contribution in [-0.2, 0) is 14.3 Å². The molecule has 0 aliphatic heterocycles. The van der Waals surface area contributed by atoms with E-state index in [1.807, 2.05) is 30.3 Å². The number of rotatable bonds is 5. The summed E-state index contributed by atoms with van der Waals surface area (Å²) in [6.07, 6.45) is -0.0913. The zero-order valence-electron chi connectivity index (χ0n) is 12.5. The third-order valence-electron chi connectivity index (χ3n) is 3.29. The van der Waals surface area contributed by atoms with Crippen LogP contribution < -0.4 is 5.32 Å². The van der Waals surface area contributed by atoms with E-state index in [2.05, 4.69) is 10.1 Å². The standard InChI is InChI=1S/C17H17NO4/c1-11(19)9-15(17(21)22-2)18-16(20)14-8-7-12-5-3-4-6-13(12)10-14/h3-8,10,15H,9H2,1-2H3,(H,18,20)/t15-/m1/s1. The summed E-state index contributed by atoms with van der Waals surface area (Å²) >= 11 is 0. The fourth-order valence-corrected chi connectivity index (χ4v) is 2.20. The van der Waals surface area contributed by atoms with E-state index in [1.54, 1.807) is 12.1 Å². The van der Waals surface area contributed by atoms with Crippen molar-refractivity contribution < 1.29 is 19.1 Å². The molecule has 0 saturated heterocycles. The Labute approximate surface area is 128 Å². The number of esters is 1. The molecule has 0 fully saturated rings. The maximum atomic E-state index is 12.3. The van der Waals surface area contributed by atoms with Gasteiger partial charge >= 0.3 is 5.97 Å². The predicted molar refractivity (Wildman–Crippen MR) is 82.5 cm³/mol. The van der Waals surface area contributed by atoms with E-state index in [0.29, 0.717) is 5.56 Å². The van der Waals surface area contributed by atoms with Crippen molar-refractivity contribution in [1.82, 2.24) is 5.32 Å². The van der Waals surface area contributed by atoms with Gasteiger partial charge in [-0.3, -0.25) is 9.59 Å². The molecule has 2 aromatic carbocycles. The molecule has 2 rings (SSSR count). The topological polar surface area (TPSA) is 72.5 Å². The number of benzene rings is 2. The van der Waals surface area contributed by atoms with Crippen LogP contribution in [0.4, 0.5) is 0 Å². The zero-order chi connectivity index (χ0) is 16.1. The average Bonchev–Trinajstić information content (AvgIpc) is 2.52. The van der Waals surface area contributed by atoms with Gasteiger partial charge in [0, 0.05) is 12.0 Å². The second-order valence-corrected chi connectivity index (χ2v) is 5.02. The second-order valence-electron chi connectivity index (χ2n) is 5.02. The average molecular weight is 299 g/mol. The van der Waals surface area contributed by atoms with Crippen molar-refractivity contribution in [2.24, 2.45) is 0 Å². The Morgan fingerprint density at radius 3 is 2.41 bits per heavy atom. The quantitative estimate of drug-likeness (QED) is 0.858. The SMILES string of the molecule is COC(=O)[C@@H](CC(C)=O)NC(=O)c1ccc2ccccc2c1. The Bertz CT molecular complexity index is 723. The van der Waals surface area contributed by atoms with Crippen LogP contribution in [0.5, 0.6) is 0 Å². The summed E-state index contributed by atoms with van der Waals surface area (Å²) in [5, 5.41) is 4.49. The van der Waals surface area contributed by atoms with Crippen molar-refractivity contribution in [3.05, 3.63) is 48.0 Å². The van der Waals surface area contributed by atoms with Gasteiger partial charge in [-0.1, -0.05) is 30.3 Å². The highest BCUT2D eigenvalue weighted by atomic mass is 16.5. The van der Waals surface area contributed by atoms with Crippen molar-refractivity contribution in [3.8, 4) is 0 Å². The van der Waals surface area contributed by atoms with Gasteiger partial charge in [0.15, 0.2) is 0 Å². The lowest BCUT2D eigenvalue weighted by atomic mass is 10.1. The van der Waals surface area contributed by atoms with E-state index in [4.69, 9.17) is 0 Å². The number of Topliss-reactive ketones (excluding diaryl/α,β-unsaturated/α-hetero) is 1. The van der Waals surface area contributed by atoms with Crippen LogP contribution in [-0.4, -0.2) is 30.8 Å². The molecule has 0 saturated carbocycles. The van der Waals surface area contributed by atoms with E-state index < -0.39 is 17.9 Å². The van der Waals surface area contributed by atoms with Crippen LogP contribution in [0, 0.1) is 0 Å². The van der Waals surface area contributed by atoms with Gasteiger partial charge < -0.3 is 10.1 Å². The summed E-state index contributed by atoms with van der Waals surface area (Å²) < 4.78 is 4.61. The molecule has 0 aromatic heterocycles. The van der Waals surface area contributed by atoms with E-state index >= 15 is 0 Å². The molecule has 2 aromatic rings. The second kappa shape index (κ2) is 6.85. The number of ether oxygens (including phenoxy) is 1. The maximum absolute atomic E-state index is 12.3. The molecule has 5 nitrogen and oxygen atoms in total. The van der Waals surface area contributed by atoms with E-state index in [0.717, 1.165) is 10.8 Å². The fourth-order valence-electron chi connectivity index (χ4n) is 2.20. The molecule has 0 spiro atoms. The third kappa shape index (κ3) is 3.69. The number of hydrogen-bond donors (Lipinski definition) is 1. The van der Waals surface area contributed by atoms with Crippen LogP contribution in [0.3, 0.4) is 0 Å². The minimum atomic E-state index is -0.971. The first-order valence-corrected chi connectivity index (χ1v) is 6.88. The molecule has 0 aliphatic rings. The molecule has 1 atom stereocenters. The Morgan fingerprint density at radius 2 is 1.77 bits per heavy atom. The zero-order valence-corrected chi connectivity index (χ0v) is 12.5. The van der Waals surface area contributed by atoms with Gasteiger partial charge in [0.2, 0.25) is 0 Å². The lowest BCUT2D eigenvalue weighted by molar-refractivity contribution is -0.144. The number of ketones is 1. The fraction of sp³-hybridized carbons (Fsp3) is 0.235. The van der Waals surface area contributed by atoms with Gasteiger partial charge in [-0.2, -0.15) is 0 Å². The van der Waals surface area contributed by atoms with Crippen LogP contribution in [0.25, 0.3) is 10.8 Å². The lowest BCUT2D eigenvalue weighted by Crippen LogP contribution is -2.42. The largest absolute Gasteiger partial charge is 0.467 e. The molecule has 0 unspecified atom stereocenters. The first-order chi connectivity index (χ1) is 10.5. The highest BCUT2D eigenvalue weighted by Gasteiger charge is 2.23. The highest BCUT2D eigenvalue weighted by Crippen LogP contribution is 2.15. The van der Waals surface area contributed by atoms with Crippen molar-refractivity contribution >= 4 is 28.4 Å².